The molecule has 1 saturated heterocycles. The zero-order chi connectivity index (χ0) is 22.0. The van der Waals surface area contributed by atoms with Gasteiger partial charge in [0.05, 0.1) is 17.9 Å². The van der Waals surface area contributed by atoms with Crippen molar-refractivity contribution in [1.29, 1.82) is 0 Å². The molecule has 1 fully saturated rings. The van der Waals surface area contributed by atoms with Crippen LogP contribution in [0.5, 0.6) is 5.75 Å². The third kappa shape index (κ3) is 4.26. The molecule has 0 radical (unpaired) electrons. The van der Waals surface area contributed by atoms with E-state index in [0.717, 1.165) is 23.3 Å². The van der Waals surface area contributed by atoms with Crippen LogP contribution in [-0.2, 0) is 16.1 Å². The summed E-state index contributed by atoms with van der Waals surface area (Å²) >= 11 is 0. The molecule has 4 rings (SSSR count). The maximum atomic E-state index is 13.3. The van der Waals surface area contributed by atoms with Crippen molar-refractivity contribution in [2.24, 2.45) is 0 Å². The average Bonchev–Trinajstić information content (AvgIpc) is 3.24. The molecular formula is C24H27N3O4. The molecule has 2 aliphatic rings. The number of hydrogen-bond donors (Lipinski definition) is 1. The quantitative estimate of drug-likeness (QED) is 0.778. The minimum atomic E-state index is -0.501. The van der Waals surface area contributed by atoms with E-state index in [9.17, 15) is 14.4 Å². The second kappa shape index (κ2) is 8.79. The Kier molecular flexibility index (Phi) is 5.93. The number of carbonyl (C=O) groups is 3. The number of amides is 3. The lowest BCUT2D eigenvalue weighted by atomic mass is 10.1. The highest BCUT2D eigenvalue weighted by molar-refractivity contribution is 6.12. The van der Waals surface area contributed by atoms with E-state index < -0.39 is 6.04 Å². The predicted molar refractivity (Wildman–Crippen MR) is 117 cm³/mol. The number of nitrogens with one attached hydrogen (secondary N) is 1. The van der Waals surface area contributed by atoms with Gasteiger partial charge in [-0.15, -0.1) is 0 Å². The first-order valence-corrected chi connectivity index (χ1v) is 10.7. The molecule has 1 atom stereocenters. The minimum Gasteiger partial charge on any atom is -0.494 e. The summed E-state index contributed by atoms with van der Waals surface area (Å²) in [6.07, 6.45) is 1.42. The highest BCUT2D eigenvalue weighted by atomic mass is 16.5. The van der Waals surface area contributed by atoms with Crippen molar-refractivity contribution in [2.45, 2.75) is 39.3 Å². The Balaban J connectivity index is 1.51. The van der Waals surface area contributed by atoms with Crippen LogP contribution in [0.3, 0.4) is 0 Å². The third-order valence-electron chi connectivity index (χ3n) is 5.76. The van der Waals surface area contributed by atoms with Gasteiger partial charge in [-0.25, -0.2) is 0 Å². The maximum Gasteiger partial charge on any atom is 0.256 e. The molecule has 2 aromatic carbocycles. The number of fused-ring (bicyclic) bond motifs is 2. The van der Waals surface area contributed by atoms with Crippen molar-refractivity contribution < 1.29 is 19.1 Å². The highest BCUT2D eigenvalue weighted by Gasteiger charge is 2.42. The number of anilines is 1. The molecule has 162 valence electrons. The van der Waals surface area contributed by atoms with Crippen LogP contribution in [0.2, 0.25) is 0 Å². The molecule has 7 nitrogen and oxygen atoms in total. The fourth-order valence-electron chi connectivity index (χ4n) is 4.21. The Labute approximate surface area is 182 Å². The molecule has 2 aliphatic heterocycles. The monoisotopic (exact) mass is 421 g/mol. The second-order valence-corrected chi connectivity index (χ2v) is 7.96. The zero-order valence-electron chi connectivity index (χ0n) is 17.9. The van der Waals surface area contributed by atoms with Crippen LogP contribution in [-0.4, -0.2) is 48.4 Å². The van der Waals surface area contributed by atoms with Crippen LogP contribution >= 0.6 is 0 Å². The number of aryl methyl sites for hydroxylation is 1. The molecule has 1 N–H and O–H groups in total. The summed E-state index contributed by atoms with van der Waals surface area (Å²) in [6, 6.07) is 12.5. The van der Waals surface area contributed by atoms with Crippen molar-refractivity contribution in [3.05, 3.63) is 59.2 Å². The summed E-state index contributed by atoms with van der Waals surface area (Å²) in [7, 11) is 0. The molecule has 3 amide bonds. The maximum absolute atomic E-state index is 13.3. The van der Waals surface area contributed by atoms with Gasteiger partial charge in [0.15, 0.2) is 0 Å². The Bertz CT molecular complexity index is 1000. The normalized spacial score (nSPS) is 17.8. The van der Waals surface area contributed by atoms with E-state index in [1.54, 1.807) is 17.0 Å². The van der Waals surface area contributed by atoms with Crippen LogP contribution in [0.4, 0.5) is 5.69 Å². The van der Waals surface area contributed by atoms with Gasteiger partial charge >= 0.3 is 0 Å². The Morgan fingerprint density at radius 2 is 1.94 bits per heavy atom. The smallest absolute Gasteiger partial charge is 0.256 e. The molecule has 0 bridgehead atoms. The number of carbonyl (C=O) groups excluding carboxylic acids is 3. The number of nitrogens with zero attached hydrogens (tertiary/aromatic N) is 2. The lowest BCUT2D eigenvalue weighted by Gasteiger charge is -2.25. The van der Waals surface area contributed by atoms with E-state index >= 15 is 0 Å². The lowest BCUT2D eigenvalue weighted by molar-refractivity contribution is -0.125. The Morgan fingerprint density at radius 1 is 1.16 bits per heavy atom. The second-order valence-electron chi connectivity index (χ2n) is 7.96. The molecule has 2 aromatic rings. The van der Waals surface area contributed by atoms with Crippen molar-refractivity contribution >= 4 is 23.4 Å². The van der Waals surface area contributed by atoms with Crippen molar-refractivity contribution in [3.8, 4) is 5.75 Å². The fourth-order valence-corrected chi connectivity index (χ4v) is 4.21. The van der Waals surface area contributed by atoms with Crippen molar-refractivity contribution in [3.63, 3.8) is 0 Å². The molecule has 0 unspecified atom stereocenters. The number of ether oxygens (including phenoxy) is 1. The predicted octanol–water partition coefficient (Wildman–Crippen LogP) is 2.66. The number of benzene rings is 2. The van der Waals surface area contributed by atoms with Gasteiger partial charge in [-0.3, -0.25) is 14.4 Å². The van der Waals surface area contributed by atoms with Crippen molar-refractivity contribution in [2.75, 3.05) is 24.6 Å². The van der Waals surface area contributed by atoms with E-state index in [-0.39, 0.29) is 24.3 Å². The van der Waals surface area contributed by atoms with Crippen molar-refractivity contribution in [1.82, 2.24) is 10.2 Å². The fraction of sp³-hybridized carbons (Fsp3) is 0.375. The van der Waals surface area contributed by atoms with E-state index in [4.69, 9.17) is 4.74 Å². The average molecular weight is 421 g/mol. The molecular weight excluding hydrogens is 394 g/mol. The van der Waals surface area contributed by atoms with Crippen LogP contribution in [0.15, 0.2) is 42.5 Å². The molecule has 31 heavy (non-hydrogen) atoms. The minimum absolute atomic E-state index is 0.121. The van der Waals surface area contributed by atoms with Gasteiger partial charge in [-0.05, 0) is 56.5 Å². The molecule has 0 aromatic heterocycles. The third-order valence-corrected chi connectivity index (χ3v) is 5.76. The first kappa shape index (κ1) is 20.9. The number of hydrogen-bond acceptors (Lipinski definition) is 4. The summed E-state index contributed by atoms with van der Waals surface area (Å²) in [5, 5.41) is 2.88. The summed E-state index contributed by atoms with van der Waals surface area (Å²) in [6.45, 7) is 5.24. The van der Waals surface area contributed by atoms with Gasteiger partial charge in [-0.2, -0.15) is 0 Å². The van der Waals surface area contributed by atoms with Gasteiger partial charge in [-0.1, -0.05) is 23.8 Å². The first-order valence-electron chi connectivity index (χ1n) is 10.7. The van der Waals surface area contributed by atoms with E-state index in [1.807, 2.05) is 44.2 Å². The van der Waals surface area contributed by atoms with E-state index in [0.29, 0.717) is 37.4 Å². The van der Waals surface area contributed by atoms with Crippen LogP contribution < -0.4 is 15.0 Å². The van der Waals surface area contributed by atoms with Gasteiger partial charge in [0.25, 0.3) is 5.91 Å². The summed E-state index contributed by atoms with van der Waals surface area (Å²) in [5.74, 6) is 0.189. The van der Waals surface area contributed by atoms with E-state index in [2.05, 4.69) is 5.32 Å². The van der Waals surface area contributed by atoms with E-state index in [1.165, 1.54) is 4.90 Å². The lowest BCUT2D eigenvalue weighted by Crippen LogP contribution is -2.48. The van der Waals surface area contributed by atoms with Gasteiger partial charge in [0.2, 0.25) is 11.8 Å². The first-order chi connectivity index (χ1) is 15.0. The summed E-state index contributed by atoms with van der Waals surface area (Å²) in [4.78, 5) is 42.2. The molecule has 7 heteroatoms. The van der Waals surface area contributed by atoms with Gasteiger partial charge in [0.1, 0.15) is 18.3 Å². The van der Waals surface area contributed by atoms with Crippen LogP contribution in [0, 0.1) is 6.92 Å². The Morgan fingerprint density at radius 3 is 2.68 bits per heavy atom. The summed E-state index contributed by atoms with van der Waals surface area (Å²) < 4.78 is 5.43. The highest BCUT2D eigenvalue weighted by Crippen LogP contribution is 2.32. The van der Waals surface area contributed by atoms with Crippen LogP contribution in [0.1, 0.15) is 41.3 Å². The SMILES string of the molecule is CCOc1ccc(CNC(=O)CN2C(=O)[C@H]3CCCN3C(=O)c3cc(C)ccc32)cc1. The number of rotatable bonds is 6. The molecule has 0 saturated carbocycles. The standard InChI is InChI=1S/C24H27N3O4/c1-3-31-18-9-7-17(8-10-18)14-25-22(28)15-27-20-11-6-16(2)13-19(20)23(29)26-12-4-5-21(26)24(27)30/h6-11,13,21H,3-5,12,14-15H2,1-2H3,(H,25,28)/t21-/m1/s1. The largest absolute Gasteiger partial charge is 0.494 e. The molecule has 0 spiro atoms. The topological polar surface area (TPSA) is 79.0 Å². The van der Waals surface area contributed by atoms with Gasteiger partial charge in [0, 0.05) is 13.1 Å². The van der Waals surface area contributed by atoms with Gasteiger partial charge < -0.3 is 19.9 Å². The molecule has 2 heterocycles. The van der Waals surface area contributed by atoms with Crippen LogP contribution in [0.25, 0.3) is 0 Å². The zero-order valence-corrected chi connectivity index (χ0v) is 17.9. The summed E-state index contributed by atoms with van der Waals surface area (Å²) in [5.41, 5.74) is 2.87. The Hall–Kier alpha value is -3.35. The molecule has 0 aliphatic carbocycles.